The minimum absolute atomic E-state index is 0.184. The maximum Gasteiger partial charge on any atom is 0.336 e. The van der Waals surface area contributed by atoms with E-state index in [-0.39, 0.29) is 11.4 Å². The molecule has 2 aromatic carbocycles. The molecule has 2 rings (SSSR count). The van der Waals surface area contributed by atoms with Gasteiger partial charge in [0, 0.05) is 0 Å². The quantitative estimate of drug-likeness (QED) is 0.872. The van der Waals surface area contributed by atoms with Gasteiger partial charge < -0.3 is 5.11 Å². The van der Waals surface area contributed by atoms with E-state index in [4.69, 9.17) is 5.11 Å². The zero-order valence-corrected chi connectivity index (χ0v) is 10.2. The molecule has 0 radical (unpaired) electrons. The lowest BCUT2D eigenvalue weighted by molar-refractivity contribution is 0.0697. The highest BCUT2D eigenvalue weighted by Crippen LogP contribution is 2.26. The van der Waals surface area contributed by atoms with Crippen molar-refractivity contribution >= 4 is 5.97 Å². The smallest absolute Gasteiger partial charge is 0.336 e. The number of carbonyl (C=O) groups is 1. The van der Waals surface area contributed by atoms with Gasteiger partial charge in [-0.25, -0.2) is 9.18 Å². The van der Waals surface area contributed by atoms with Gasteiger partial charge in [-0.3, -0.25) is 0 Å². The molecule has 18 heavy (non-hydrogen) atoms. The Morgan fingerprint density at radius 2 is 1.83 bits per heavy atom. The van der Waals surface area contributed by atoms with Crippen LogP contribution in [-0.2, 0) is 0 Å². The van der Waals surface area contributed by atoms with Crippen molar-refractivity contribution in [1.82, 2.24) is 0 Å². The highest BCUT2D eigenvalue weighted by atomic mass is 19.1. The van der Waals surface area contributed by atoms with Crippen LogP contribution in [0.1, 0.15) is 21.5 Å². The minimum Gasteiger partial charge on any atom is -0.478 e. The normalized spacial score (nSPS) is 10.4. The fourth-order valence-electron chi connectivity index (χ4n) is 1.84. The largest absolute Gasteiger partial charge is 0.478 e. The predicted molar refractivity (Wildman–Crippen MR) is 68.3 cm³/mol. The lowest BCUT2D eigenvalue weighted by Gasteiger charge is -2.08. The van der Waals surface area contributed by atoms with E-state index < -0.39 is 5.97 Å². The molecule has 0 unspecified atom stereocenters. The van der Waals surface area contributed by atoms with Crippen molar-refractivity contribution in [1.29, 1.82) is 0 Å². The van der Waals surface area contributed by atoms with E-state index in [2.05, 4.69) is 0 Å². The zero-order valence-electron chi connectivity index (χ0n) is 10.2. The minimum atomic E-state index is -1.01. The monoisotopic (exact) mass is 244 g/mol. The van der Waals surface area contributed by atoms with Crippen LogP contribution in [0, 0.1) is 19.7 Å². The van der Waals surface area contributed by atoms with Gasteiger partial charge in [-0.15, -0.1) is 0 Å². The number of carboxylic acid groups (broad SMARTS) is 1. The van der Waals surface area contributed by atoms with Crippen molar-refractivity contribution < 1.29 is 14.3 Å². The van der Waals surface area contributed by atoms with Crippen LogP contribution in [0.15, 0.2) is 36.4 Å². The Balaban J connectivity index is 2.65. The Labute approximate surface area is 105 Å². The summed E-state index contributed by atoms with van der Waals surface area (Å²) in [5.74, 6) is -1.34. The molecular formula is C15H13FO2. The number of carboxylic acids is 1. The molecule has 0 saturated heterocycles. The van der Waals surface area contributed by atoms with Crippen molar-refractivity contribution in [3.63, 3.8) is 0 Å². The molecule has 0 amide bonds. The van der Waals surface area contributed by atoms with Crippen molar-refractivity contribution in [2.45, 2.75) is 13.8 Å². The maximum atomic E-state index is 13.6. The molecule has 0 aromatic heterocycles. The topological polar surface area (TPSA) is 37.3 Å². The Bertz CT molecular complexity index is 618. The summed E-state index contributed by atoms with van der Waals surface area (Å²) < 4.78 is 13.6. The van der Waals surface area contributed by atoms with Gasteiger partial charge in [0.25, 0.3) is 0 Å². The number of hydrogen-bond acceptors (Lipinski definition) is 1. The lowest BCUT2D eigenvalue weighted by Crippen LogP contribution is -2.00. The lowest BCUT2D eigenvalue weighted by atomic mass is 9.97. The van der Waals surface area contributed by atoms with Gasteiger partial charge in [0.1, 0.15) is 5.82 Å². The molecule has 0 fully saturated rings. The predicted octanol–water partition coefficient (Wildman–Crippen LogP) is 3.81. The van der Waals surface area contributed by atoms with E-state index in [1.54, 1.807) is 37.3 Å². The average molecular weight is 244 g/mol. The van der Waals surface area contributed by atoms with Crippen LogP contribution in [0.4, 0.5) is 4.39 Å². The number of aromatic carboxylic acids is 1. The summed E-state index contributed by atoms with van der Waals surface area (Å²) in [5.41, 5.74) is 2.80. The van der Waals surface area contributed by atoms with E-state index in [1.165, 1.54) is 6.07 Å². The van der Waals surface area contributed by atoms with E-state index in [0.29, 0.717) is 16.7 Å². The number of aryl methyl sites for hydroxylation is 2. The first-order chi connectivity index (χ1) is 8.49. The number of hydrogen-bond donors (Lipinski definition) is 1. The molecular weight excluding hydrogens is 231 g/mol. The molecule has 1 N–H and O–H groups in total. The Morgan fingerprint density at radius 1 is 1.11 bits per heavy atom. The van der Waals surface area contributed by atoms with Crippen LogP contribution in [0.2, 0.25) is 0 Å². The van der Waals surface area contributed by atoms with Crippen LogP contribution in [0.5, 0.6) is 0 Å². The van der Waals surface area contributed by atoms with Crippen molar-refractivity contribution in [3.05, 3.63) is 58.9 Å². The van der Waals surface area contributed by atoms with Crippen LogP contribution < -0.4 is 0 Å². The fraction of sp³-hybridized carbons (Fsp3) is 0.133. The summed E-state index contributed by atoms with van der Waals surface area (Å²) in [4.78, 5) is 11.2. The van der Waals surface area contributed by atoms with E-state index >= 15 is 0 Å². The van der Waals surface area contributed by atoms with Gasteiger partial charge in [-0.2, -0.15) is 0 Å². The molecule has 0 saturated carbocycles. The van der Waals surface area contributed by atoms with Gasteiger partial charge >= 0.3 is 5.97 Å². The van der Waals surface area contributed by atoms with Gasteiger partial charge in [0.2, 0.25) is 0 Å². The Kier molecular flexibility index (Phi) is 3.15. The SMILES string of the molecule is Cc1ccc(C(=O)O)c(-c2ccc(C)c(F)c2)c1. The summed E-state index contributed by atoms with van der Waals surface area (Å²) in [5, 5.41) is 9.15. The first-order valence-electron chi connectivity index (χ1n) is 5.59. The van der Waals surface area contributed by atoms with Crippen LogP contribution >= 0.6 is 0 Å². The second-order valence-corrected chi connectivity index (χ2v) is 4.32. The van der Waals surface area contributed by atoms with Crippen molar-refractivity contribution in [3.8, 4) is 11.1 Å². The third kappa shape index (κ3) is 2.25. The molecule has 0 atom stereocenters. The Hall–Kier alpha value is -2.16. The molecule has 0 aliphatic carbocycles. The molecule has 3 heteroatoms. The fourth-order valence-corrected chi connectivity index (χ4v) is 1.84. The highest BCUT2D eigenvalue weighted by molar-refractivity contribution is 5.96. The average Bonchev–Trinajstić information content (AvgIpc) is 2.32. The van der Waals surface area contributed by atoms with Crippen molar-refractivity contribution in [2.75, 3.05) is 0 Å². The van der Waals surface area contributed by atoms with Crippen LogP contribution in [0.25, 0.3) is 11.1 Å². The second-order valence-electron chi connectivity index (χ2n) is 4.32. The first-order valence-corrected chi connectivity index (χ1v) is 5.59. The number of benzene rings is 2. The standard InChI is InChI=1S/C15H13FO2/c1-9-3-6-12(15(17)18)13(7-9)11-5-4-10(2)14(16)8-11/h3-8H,1-2H3,(H,17,18). The van der Waals surface area contributed by atoms with E-state index in [0.717, 1.165) is 5.56 Å². The molecule has 0 aliphatic rings. The molecule has 2 nitrogen and oxygen atoms in total. The van der Waals surface area contributed by atoms with E-state index in [1.807, 2.05) is 6.92 Å². The second kappa shape index (κ2) is 4.61. The van der Waals surface area contributed by atoms with Gasteiger partial charge in [-0.1, -0.05) is 29.8 Å². The first kappa shape index (κ1) is 12.3. The molecule has 0 heterocycles. The van der Waals surface area contributed by atoms with Crippen molar-refractivity contribution in [2.24, 2.45) is 0 Å². The molecule has 92 valence electrons. The summed E-state index contributed by atoms with van der Waals surface area (Å²) in [6.07, 6.45) is 0. The molecule has 0 bridgehead atoms. The third-order valence-corrected chi connectivity index (χ3v) is 2.89. The van der Waals surface area contributed by atoms with Gasteiger partial charge in [-0.05, 0) is 42.7 Å². The maximum absolute atomic E-state index is 13.6. The summed E-state index contributed by atoms with van der Waals surface area (Å²) in [6.45, 7) is 3.55. The molecule has 0 aliphatic heterocycles. The van der Waals surface area contributed by atoms with Gasteiger partial charge in [0.15, 0.2) is 0 Å². The Morgan fingerprint density at radius 3 is 2.44 bits per heavy atom. The number of rotatable bonds is 2. The summed E-state index contributed by atoms with van der Waals surface area (Å²) >= 11 is 0. The zero-order chi connectivity index (χ0) is 13.3. The van der Waals surface area contributed by atoms with Crippen LogP contribution in [0.3, 0.4) is 0 Å². The number of halogens is 1. The summed E-state index contributed by atoms with van der Waals surface area (Å²) in [7, 11) is 0. The summed E-state index contributed by atoms with van der Waals surface area (Å²) in [6, 6.07) is 9.80. The van der Waals surface area contributed by atoms with E-state index in [9.17, 15) is 9.18 Å². The third-order valence-electron chi connectivity index (χ3n) is 2.89. The highest BCUT2D eigenvalue weighted by Gasteiger charge is 2.12. The molecule has 2 aromatic rings. The molecule has 0 spiro atoms. The van der Waals surface area contributed by atoms with Gasteiger partial charge in [0.05, 0.1) is 5.56 Å². The van der Waals surface area contributed by atoms with Crippen LogP contribution in [-0.4, -0.2) is 11.1 Å².